The summed E-state index contributed by atoms with van der Waals surface area (Å²) in [5.74, 6) is -1.39. The van der Waals surface area contributed by atoms with Crippen molar-refractivity contribution in [3.05, 3.63) is 35.9 Å². The lowest BCUT2D eigenvalue weighted by atomic mass is 9.94. The predicted molar refractivity (Wildman–Crippen MR) is 82.2 cm³/mol. The molecule has 2 aliphatic rings. The topological polar surface area (TPSA) is 101 Å². The minimum absolute atomic E-state index is 0.113. The summed E-state index contributed by atoms with van der Waals surface area (Å²) in [5, 5.41) is 10.6. The van der Waals surface area contributed by atoms with E-state index in [-0.39, 0.29) is 6.61 Å². The van der Waals surface area contributed by atoms with E-state index in [1.807, 2.05) is 30.3 Å². The van der Waals surface area contributed by atoms with Gasteiger partial charge in [-0.3, -0.25) is 4.79 Å². The van der Waals surface area contributed by atoms with Crippen molar-refractivity contribution in [2.75, 3.05) is 13.7 Å². The third kappa shape index (κ3) is 3.67. The number of carbonyl (C=O) groups is 2. The van der Waals surface area contributed by atoms with Gasteiger partial charge in [0.2, 0.25) is 0 Å². The largest absolute Gasteiger partial charge is 0.467 e. The molecule has 1 unspecified atom stereocenters. The molecule has 8 nitrogen and oxygen atoms in total. The number of aliphatic hydroxyl groups is 1. The molecule has 2 saturated heterocycles. The Morgan fingerprint density at radius 3 is 2.56 bits per heavy atom. The lowest BCUT2D eigenvalue weighted by Crippen LogP contribution is -2.64. The molecule has 2 fully saturated rings. The molecule has 0 aliphatic carbocycles. The van der Waals surface area contributed by atoms with Gasteiger partial charge in [0.25, 0.3) is 0 Å². The third-order valence-corrected chi connectivity index (χ3v) is 4.16. The molecular weight excluding hydrogens is 332 g/mol. The van der Waals surface area contributed by atoms with Gasteiger partial charge in [0.1, 0.15) is 18.3 Å². The number of carbonyl (C=O) groups excluding carboxylic acids is 2. The standard InChI is InChI=1S/C17H20O8/c1-9(18)23-14-12(19)13-11(24-15(14)16(20)21-2)8-22-17(25-13)10-6-4-3-5-7-10/h3-7,11-15,17,19H,8H2,1-2H3/t11-,12-,13+,14-,15-,17?/m1/s1. The number of methoxy groups -OCH3 is 1. The van der Waals surface area contributed by atoms with Crippen molar-refractivity contribution in [3.8, 4) is 0 Å². The normalized spacial score (nSPS) is 34.7. The second-order valence-electron chi connectivity index (χ2n) is 5.86. The summed E-state index contributed by atoms with van der Waals surface area (Å²) < 4.78 is 26.9. The smallest absolute Gasteiger partial charge is 0.339 e. The number of esters is 2. The minimum Gasteiger partial charge on any atom is -0.467 e. The van der Waals surface area contributed by atoms with Crippen LogP contribution in [-0.4, -0.2) is 61.3 Å². The molecule has 0 spiro atoms. The van der Waals surface area contributed by atoms with Gasteiger partial charge in [0.05, 0.1) is 13.7 Å². The number of ether oxygens (including phenoxy) is 5. The molecule has 0 amide bonds. The number of hydrogen-bond acceptors (Lipinski definition) is 8. The molecule has 1 aromatic carbocycles. The molecule has 25 heavy (non-hydrogen) atoms. The number of benzene rings is 1. The molecule has 0 saturated carbocycles. The monoisotopic (exact) mass is 352 g/mol. The summed E-state index contributed by atoms with van der Waals surface area (Å²) in [5.41, 5.74) is 0.785. The van der Waals surface area contributed by atoms with Crippen molar-refractivity contribution >= 4 is 11.9 Å². The Morgan fingerprint density at radius 2 is 1.92 bits per heavy atom. The molecule has 0 radical (unpaired) electrons. The van der Waals surface area contributed by atoms with E-state index in [0.717, 1.165) is 5.56 Å². The third-order valence-electron chi connectivity index (χ3n) is 4.16. The summed E-state index contributed by atoms with van der Waals surface area (Å²) in [7, 11) is 1.19. The Morgan fingerprint density at radius 1 is 1.20 bits per heavy atom. The van der Waals surface area contributed by atoms with E-state index in [2.05, 4.69) is 4.74 Å². The second-order valence-corrected chi connectivity index (χ2v) is 5.86. The van der Waals surface area contributed by atoms with E-state index >= 15 is 0 Å². The first-order valence-corrected chi connectivity index (χ1v) is 7.92. The maximum absolute atomic E-state index is 11.9. The number of aliphatic hydroxyl groups excluding tert-OH is 1. The first-order valence-electron chi connectivity index (χ1n) is 7.92. The average Bonchev–Trinajstić information content (AvgIpc) is 2.63. The average molecular weight is 352 g/mol. The molecule has 2 aliphatic heterocycles. The van der Waals surface area contributed by atoms with Crippen LogP contribution in [0.3, 0.4) is 0 Å². The van der Waals surface area contributed by atoms with Gasteiger partial charge in [0.15, 0.2) is 18.5 Å². The molecular formula is C17H20O8. The van der Waals surface area contributed by atoms with Crippen molar-refractivity contribution in [1.29, 1.82) is 0 Å². The molecule has 1 aromatic rings. The van der Waals surface area contributed by atoms with E-state index in [1.165, 1.54) is 14.0 Å². The van der Waals surface area contributed by atoms with Gasteiger partial charge >= 0.3 is 11.9 Å². The molecule has 0 aromatic heterocycles. The van der Waals surface area contributed by atoms with E-state index in [1.54, 1.807) is 0 Å². The maximum atomic E-state index is 11.9. The Kier molecular flexibility index (Phi) is 5.33. The van der Waals surface area contributed by atoms with Gasteiger partial charge in [0, 0.05) is 12.5 Å². The quantitative estimate of drug-likeness (QED) is 0.777. The van der Waals surface area contributed by atoms with Crippen LogP contribution in [0, 0.1) is 0 Å². The highest BCUT2D eigenvalue weighted by molar-refractivity contribution is 5.76. The Labute approximate surface area is 144 Å². The Balaban J connectivity index is 1.80. The van der Waals surface area contributed by atoms with Crippen LogP contribution in [0.25, 0.3) is 0 Å². The first-order chi connectivity index (χ1) is 12.0. The molecule has 6 atom stereocenters. The Bertz CT molecular complexity index is 618. The summed E-state index contributed by atoms with van der Waals surface area (Å²) in [6.07, 6.45) is -5.92. The lowest BCUT2D eigenvalue weighted by Gasteiger charge is -2.46. The zero-order valence-corrected chi connectivity index (χ0v) is 13.9. The van der Waals surface area contributed by atoms with Gasteiger partial charge in [-0.2, -0.15) is 0 Å². The second kappa shape index (κ2) is 7.49. The zero-order chi connectivity index (χ0) is 18.0. The van der Waals surface area contributed by atoms with Crippen LogP contribution in [0.1, 0.15) is 18.8 Å². The van der Waals surface area contributed by atoms with Crippen LogP contribution in [-0.2, 0) is 33.3 Å². The van der Waals surface area contributed by atoms with E-state index in [0.29, 0.717) is 0 Å². The number of fused-ring (bicyclic) bond motifs is 1. The summed E-state index contributed by atoms with van der Waals surface area (Å²) in [6, 6.07) is 9.23. The molecule has 1 N–H and O–H groups in total. The fraction of sp³-hybridized carbons (Fsp3) is 0.529. The van der Waals surface area contributed by atoms with Crippen LogP contribution in [0.2, 0.25) is 0 Å². The van der Waals surface area contributed by atoms with Gasteiger partial charge in [-0.05, 0) is 0 Å². The van der Waals surface area contributed by atoms with E-state index in [9.17, 15) is 14.7 Å². The van der Waals surface area contributed by atoms with Gasteiger partial charge < -0.3 is 28.8 Å². The van der Waals surface area contributed by atoms with Crippen molar-refractivity contribution in [2.24, 2.45) is 0 Å². The van der Waals surface area contributed by atoms with Gasteiger partial charge in [-0.25, -0.2) is 4.79 Å². The minimum atomic E-state index is -1.26. The van der Waals surface area contributed by atoms with Crippen molar-refractivity contribution < 1.29 is 38.4 Å². The van der Waals surface area contributed by atoms with Crippen molar-refractivity contribution in [1.82, 2.24) is 0 Å². The molecule has 136 valence electrons. The van der Waals surface area contributed by atoms with Crippen LogP contribution < -0.4 is 0 Å². The van der Waals surface area contributed by atoms with Crippen LogP contribution in [0.4, 0.5) is 0 Å². The van der Waals surface area contributed by atoms with E-state index in [4.69, 9.17) is 18.9 Å². The summed E-state index contributed by atoms with van der Waals surface area (Å²) >= 11 is 0. The van der Waals surface area contributed by atoms with Crippen molar-refractivity contribution in [3.63, 3.8) is 0 Å². The first kappa shape index (κ1) is 17.8. The van der Waals surface area contributed by atoms with Crippen LogP contribution in [0.15, 0.2) is 30.3 Å². The number of hydrogen-bond donors (Lipinski definition) is 1. The fourth-order valence-corrected chi connectivity index (χ4v) is 3.01. The molecule has 3 rings (SSSR count). The zero-order valence-electron chi connectivity index (χ0n) is 13.9. The van der Waals surface area contributed by atoms with Crippen LogP contribution >= 0.6 is 0 Å². The fourth-order valence-electron chi connectivity index (χ4n) is 3.01. The van der Waals surface area contributed by atoms with Crippen molar-refractivity contribution in [2.45, 2.75) is 43.7 Å². The van der Waals surface area contributed by atoms with Gasteiger partial charge in [-0.1, -0.05) is 30.3 Å². The summed E-state index contributed by atoms with van der Waals surface area (Å²) in [4.78, 5) is 23.3. The molecule has 0 bridgehead atoms. The maximum Gasteiger partial charge on any atom is 0.339 e. The summed E-state index contributed by atoms with van der Waals surface area (Å²) in [6.45, 7) is 1.30. The molecule has 2 heterocycles. The predicted octanol–water partition coefficient (Wildman–Crippen LogP) is 0.334. The van der Waals surface area contributed by atoms with Crippen LogP contribution in [0.5, 0.6) is 0 Å². The van der Waals surface area contributed by atoms with E-state index < -0.39 is 48.7 Å². The SMILES string of the molecule is COC(=O)[C@@H]1O[C@@H]2COC(c3ccccc3)O[C@@H]2[C@@H](O)[C@H]1OC(C)=O. The molecule has 8 heteroatoms. The number of rotatable bonds is 3. The highest BCUT2D eigenvalue weighted by Gasteiger charge is 2.53. The highest BCUT2D eigenvalue weighted by atomic mass is 16.7. The van der Waals surface area contributed by atoms with Gasteiger partial charge in [-0.15, -0.1) is 0 Å². The Hall–Kier alpha value is -2.00. The lowest BCUT2D eigenvalue weighted by molar-refractivity contribution is -0.326. The highest BCUT2D eigenvalue weighted by Crippen LogP contribution is 2.35.